The number of nitrogens with one attached hydrogen (secondary N) is 2. The molecule has 24 heavy (non-hydrogen) atoms. The lowest BCUT2D eigenvalue weighted by atomic mass is 10.2. The summed E-state index contributed by atoms with van der Waals surface area (Å²) in [5.41, 5.74) is 0.551. The van der Waals surface area contributed by atoms with Crippen molar-refractivity contribution in [1.82, 2.24) is 5.32 Å². The molecular formula is C17H17F3N2O2. The average molecular weight is 338 g/mol. The first-order valence-electron chi connectivity index (χ1n) is 7.19. The van der Waals surface area contributed by atoms with Crippen molar-refractivity contribution in [1.29, 1.82) is 0 Å². The predicted octanol–water partition coefficient (Wildman–Crippen LogP) is 3.44. The minimum atomic E-state index is -4.39. The molecule has 0 saturated carbocycles. The third kappa shape index (κ3) is 5.27. The Morgan fingerprint density at radius 2 is 1.67 bits per heavy atom. The van der Waals surface area contributed by atoms with Gasteiger partial charge >= 0.3 is 6.18 Å². The minimum Gasteiger partial charge on any atom is -0.497 e. The Morgan fingerprint density at radius 3 is 2.21 bits per heavy atom. The topological polar surface area (TPSA) is 50.4 Å². The van der Waals surface area contributed by atoms with Crippen molar-refractivity contribution in [3.63, 3.8) is 0 Å². The first kappa shape index (κ1) is 17.8. The van der Waals surface area contributed by atoms with E-state index in [9.17, 15) is 18.0 Å². The first-order valence-corrected chi connectivity index (χ1v) is 7.19. The molecule has 0 aromatic heterocycles. The van der Waals surface area contributed by atoms with Crippen LogP contribution in [0.2, 0.25) is 0 Å². The lowest BCUT2D eigenvalue weighted by Crippen LogP contribution is -2.27. The summed E-state index contributed by atoms with van der Waals surface area (Å²) < 4.78 is 42.4. The number of ether oxygens (including phenoxy) is 1. The van der Waals surface area contributed by atoms with E-state index >= 15 is 0 Å². The lowest BCUT2D eigenvalue weighted by molar-refractivity contribution is -0.137. The molecule has 2 N–H and O–H groups in total. The molecule has 0 aliphatic carbocycles. The van der Waals surface area contributed by atoms with Gasteiger partial charge in [0.25, 0.3) is 0 Å². The Bertz CT molecular complexity index is 668. The van der Waals surface area contributed by atoms with E-state index in [-0.39, 0.29) is 12.5 Å². The van der Waals surface area contributed by atoms with Gasteiger partial charge in [0.1, 0.15) is 5.75 Å². The van der Waals surface area contributed by atoms with Gasteiger partial charge in [0.15, 0.2) is 0 Å². The van der Waals surface area contributed by atoms with Crippen molar-refractivity contribution in [2.75, 3.05) is 19.0 Å². The number of rotatable bonds is 6. The van der Waals surface area contributed by atoms with Gasteiger partial charge in [0.05, 0.1) is 19.2 Å². The number of benzene rings is 2. The average Bonchev–Trinajstić information content (AvgIpc) is 2.55. The molecule has 4 nitrogen and oxygen atoms in total. The van der Waals surface area contributed by atoms with Crippen LogP contribution in [0.3, 0.4) is 0 Å². The van der Waals surface area contributed by atoms with Crippen molar-refractivity contribution in [2.45, 2.75) is 12.7 Å². The number of halogens is 3. The largest absolute Gasteiger partial charge is 0.497 e. The van der Waals surface area contributed by atoms with E-state index < -0.39 is 11.7 Å². The van der Waals surface area contributed by atoms with Crippen molar-refractivity contribution in [3.8, 4) is 5.75 Å². The van der Waals surface area contributed by atoms with Gasteiger partial charge in [-0.25, -0.2) is 0 Å². The molecule has 2 aromatic rings. The zero-order valence-corrected chi connectivity index (χ0v) is 13.0. The van der Waals surface area contributed by atoms with E-state index in [1.54, 1.807) is 7.11 Å². The fourth-order valence-electron chi connectivity index (χ4n) is 2.01. The fourth-order valence-corrected chi connectivity index (χ4v) is 2.01. The number of carbonyl (C=O) groups is 1. The molecule has 0 fully saturated rings. The van der Waals surface area contributed by atoms with Crippen LogP contribution in [0.25, 0.3) is 0 Å². The van der Waals surface area contributed by atoms with Crippen molar-refractivity contribution in [3.05, 3.63) is 59.7 Å². The number of alkyl halides is 3. The van der Waals surface area contributed by atoms with Crippen LogP contribution in [0.1, 0.15) is 11.1 Å². The van der Waals surface area contributed by atoms with Crippen LogP contribution in [0.4, 0.5) is 18.9 Å². The predicted molar refractivity (Wildman–Crippen MR) is 84.8 cm³/mol. The van der Waals surface area contributed by atoms with Crippen LogP contribution in [-0.4, -0.2) is 19.6 Å². The Balaban J connectivity index is 1.78. The fraction of sp³-hybridized carbons (Fsp3) is 0.235. The first-order chi connectivity index (χ1) is 11.4. The van der Waals surface area contributed by atoms with Gasteiger partial charge in [-0.1, -0.05) is 12.1 Å². The number of carbonyl (C=O) groups excluding carboxylic acids is 1. The highest BCUT2D eigenvalue weighted by Gasteiger charge is 2.29. The van der Waals surface area contributed by atoms with Crippen LogP contribution in [0.5, 0.6) is 5.75 Å². The van der Waals surface area contributed by atoms with E-state index in [1.807, 2.05) is 24.3 Å². The number of anilines is 1. The number of amides is 1. The molecule has 7 heteroatoms. The van der Waals surface area contributed by atoms with Gasteiger partial charge in [-0.05, 0) is 42.0 Å². The quantitative estimate of drug-likeness (QED) is 0.848. The smallest absolute Gasteiger partial charge is 0.416 e. The van der Waals surface area contributed by atoms with Crippen LogP contribution >= 0.6 is 0 Å². The molecule has 1 amide bonds. The highest BCUT2D eigenvalue weighted by Crippen LogP contribution is 2.29. The SMILES string of the molecule is COc1ccc(CNCC(=O)Nc2ccc(C(F)(F)F)cc2)cc1. The van der Waals surface area contributed by atoms with Crippen molar-refractivity contribution in [2.24, 2.45) is 0 Å². The van der Waals surface area contributed by atoms with E-state index in [4.69, 9.17) is 4.74 Å². The van der Waals surface area contributed by atoms with E-state index in [0.29, 0.717) is 12.2 Å². The van der Waals surface area contributed by atoms with Crippen LogP contribution in [0.15, 0.2) is 48.5 Å². The summed E-state index contributed by atoms with van der Waals surface area (Å²) in [6, 6.07) is 11.7. The molecule has 0 heterocycles. The molecule has 0 spiro atoms. The molecule has 0 unspecified atom stereocenters. The van der Waals surface area contributed by atoms with E-state index in [2.05, 4.69) is 10.6 Å². The zero-order chi connectivity index (χ0) is 17.6. The second-order valence-electron chi connectivity index (χ2n) is 5.07. The maximum atomic E-state index is 12.5. The molecule has 0 aliphatic heterocycles. The van der Waals surface area contributed by atoms with Gasteiger partial charge in [0, 0.05) is 12.2 Å². The van der Waals surface area contributed by atoms with E-state index in [0.717, 1.165) is 23.4 Å². The second-order valence-corrected chi connectivity index (χ2v) is 5.07. The highest BCUT2D eigenvalue weighted by molar-refractivity contribution is 5.92. The Hall–Kier alpha value is -2.54. The number of methoxy groups -OCH3 is 1. The van der Waals surface area contributed by atoms with Gasteiger partial charge in [-0.3, -0.25) is 4.79 Å². The maximum Gasteiger partial charge on any atom is 0.416 e. The Morgan fingerprint density at radius 1 is 1.04 bits per heavy atom. The second kappa shape index (κ2) is 7.83. The summed E-state index contributed by atoms with van der Waals surface area (Å²) in [5, 5.41) is 5.50. The van der Waals surface area contributed by atoms with Gasteiger partial charge in [0.2, 0.25) is 5.91 Å². The molecule has 128 valence electrons. The summed E-state index contributed by atoms with van der Waals surface area (Å²) in [6.45, 7) is 0.539. The third-order valence-corrected chi connectivity index (χ3v) is 3.27. The summed E-state index contributed by atoms with van der Waals surface area (Å²) in [5.74, 6) is 0.419. The summed E-state index contributed by atoms with van der Waals surface area (Å²) in [7, 11) is 1.58. The lowest BCUT2D eigenvalue weighted by Gasteiger charge is -2.09. The third-order valence-electron chi connectivity index (χ3n) is 3.27. The monoisotopic (exact) mass is 338 g/mol. The molecule has 0 radical (unpaired) electrons. The number of hydrogen-bond donors (Lipinski definition) is 2. The van der Waals surface area contributed by atoms with Crippen LogP contribution < -0.4 is 15.4 Å². The van der Waals surface area contributed by atoms with Gasteiger partial charge in [-0.15, -0.1) is 0 Å². The Labute approximate surface area is 137 Å². The standard InChI is InChI=1S/C17H17F3N2O2/c1-24-15-8-2-12(3-9-15)10-21-11-16(23)22-14-6-4-13(5-7-14)17(18,19)20/h2-9,21H,10-11H2,1H3,(H,22,23). The summed E-state index contributed by atoms with van der Waals surface area (Å²) in [4.78, 5) is 11.8. The molecule has 2 aromatic carbocycles. The number of hydrogen-bond acceptors (Lipinski definition) is 3. The Kier molecular flexibility index (Phi) is 5.81. The molecule has 0 bridgehead atoms. The molecule has 0 atom stereocenters. The minimum absolute atomic E-state index is 0.0487. The van der Waals surface area contributed by atoms with Crippen LogP contribution in [-0.2, 0) is 17.5 Å². The normalized spacial score (nSPS) is 11.2. The van der Waals surface area contributed by atoms with Gasteiger partial charge < -0.3 is 15.4 Å². The summed E-state index contributed by atoms with van der Waals surface area (Å²) in [6.07, 6.45) is -4.39. The van der Waals surface area contributed by atoms with Crippen LogP contribution in [0, 0.1) is 0 Å². The molecular weight excluding hydrogens is 321 g/mol. The summed E-state index contributed by atoms with van der Waals surface area (Å²) >= 11 is 0. The van der Waals surface area contributed by atoms with E-state index in [1.165, 1.54) is 12.1 Å². The van der Waals surface area contributed by atoms with Gasteiger partial charge in [-0.2, -0.15) is 13.2 Å². The highest BCUT2D eigenvalue weighted by atomic mass is 19.4. The maximum absolute atomic E-state index is 12.5. The molecule has 0 saturated heterocycles. The van der Waals surface area contributed by atoms with Crippen molar-refractivity contribution < 1.29 is 22.7 Å². The molecule has 2 rings (SSSR count). The zero-order valence-electron chi connectivity index (χ0n) is 13.0. The van der Waals surface area contributed by atoms with Crippen molar-refractivity contribution >= 4 is 11.6 Å². The molecule has 0 aliphatic rings.